The summed E-state index contributed by atoms with van der Waals surface area (Å²) in [6, 6.07) is 3.45. The predicted molar refractivity (Wildman–Crippen MR) is 53.9 cm³/mol. The largest absolute Gasteiger partial charge is 0.337 e. The van der Waals surface area contributed by atoms with Gasteiger partial charge in [-0.2, -0.15) is 5.10 Å². The number of epoxide rings is 1. The molecule has 3 rings (SSSR count). The fraction of sp³-hybridized carbons (Fsp3) is 0.273. The number of rotatable bonds is 2. The van der Waals surface area contributed by atoms with Gasteiger partial charge >= 0.3 is 0 Å². The second-order valence-corrected chi connectivity index (χ2v) is 4.08. The van der Waals surface area contributed by atoms with Crippen LogP contribution in [0.25, 0.3) is 0 Å². The molecule has 0 bridgehead atoms. The highest BCUT2D eigenvalue weighted by atomic mass is 19.1. The van der Waals surface area contributed by atoms with Crippen molar-refractivity contribution in [2.45, 2.75) is 18.8 Å². The highest BCUT2D eigenvalue weighted by molar-refractivity contribution is 5.29. The van der Waals surface area contributed by atoms with Crippen LogP contribution in [-0.4, -0.2) is 14.8 Å². The number of hydrogen-bond acceptors (Lipinski definition) is 3. The maximum absolute atomic E-state index is 13.6. The van der Waals surface area contributed by atoms with Gasteiger partial charge in [0.05, 0.1) is 0 Å². The zero-order valence-electron chi connectivity index (χ0n) is 8.97. The van der Waals surface area contributed by atoms with Crippen molar-refractivity contribution in [1.29, 1.82) is 0 Å². The molecule has 2 heterocycles. The van der Waals surface area contributed by atoms with E-state index in [2.05, 4.69) is 10.1 Å². The Morgan fingerprint density at radius 3 is 2.88 bits per heavy atom. The van der Waals surface area contributed by atoms with Crippen molar-refractivity contribution in [2.24, 2.45) is 0 Å². The summed E-state index contributed by atoms with van der Waals surface area (Å²) in [6.07, 6.45) is 2.48. The summed E-state index contributed by atoms with van der Waals surface area (Å²) >= 11 is 0. The molecular weight excluding hydrogens is 228 g/mol. The third kappa shape index (κ3) is 1.52. The number of benzene rings is 1. The van der Waals surface area contributed by atoms with Gasteiger partial charge in [-0.25, -0.2) is 18.4 Å². The standard InChI is InChI=1S/C11H9F2N3O/c1-11(8-3-2-7(12)4-9(8)13)10(17-11)16-6-14-5-15-16/h2-6,10H,1H3. The number of aromatic nitrogens is 3. The molecule has 4 nitrogen and oxygen atoms in total. The van der Waals surface area contributed by atoms with Crippen molar-refractivity contribution in [2.75, 3.05) is 0 Å². The van der Waals surface area contributed by atoms with Crippen molar-refractivity contribution in [3.05, 3.63) is 48.1 Å². The average Bonchev–Trinajstić information content (AvgIpc) is 2.76. The molecule has 2 unspecified atom stereocenters. The molecule has 2 aromatic rings. The number of hydrogen-bond donors (Lipinski definition) is 0. The number of ether oxygens (including phenoxy) is 1. The zero-order chi connectivity index (χ0) is 12.0. The van der Waals surface area contributed by atoms with Gasteiger partial charge in [0.1, 0.15) is 29.9 Å². The van der Waals surface area contributed by atoms with Crippen LogP contribution in [0.15, 0.2) is 30.9 Å². The fourth-order valence-electron chi connectivity index (χ4n) is 1.93. The molecule has 1 aliphatic rings. The van der Waals surface area contributed by atoms with E-state index in [1.54, 1.807) is 6.92 Å². The minimum atomic E-state index is -0.814. The summed E-state index contributed by atoms with van der Waals surface area (Å²) in [6.45, 7) is 1.73. The monoisotopic (exact) mass is 237 g/mol. The molecule has 2 atom stereocenters. The minimum Gasteiger partial charge on any atom is -0.337 e. The Morgan fingerprint density at radius 2 is 2.24 bits per heavy atom. The summed E-state index contributed by atoms with van der Waals surface area (Å²) in [5, 5.41) is 3.93. The lowest BCUT2D eigenvalue weighted by Crippen LogP contribution is -2.11. The third-order valence-electron chi connectivity index (χ3n) is 2.91. The van der Waals surface area contributed by atoms with E-state index >= 15 is 0 Å². The normalized spacial score (nSPS) is 27.1. The van der Waals surface area contributed by atoms with Crippen LogP contribution in [0.2, 0.25) is 0 Å². The first-order valence-electron chi connectivity index (χ1n) is 5.09. The fourth-order valence-corrected chi connectivity index (χ4v) is 1.93. The van der Waals surface area contributed by atoms with E-state index in [1.807, 2.05) is 0 Å². The number of nitrogens with zero attached hydrogens (tertiary/aromatic N) is 3. The van der Waals surface area contributed by atoms with Gasteiger partial charge in [-0.05, 0) is 13.0 Å². The molecule has 0 N–H and O–H groups in total. The second kappa shape index (κ2) is 3.33. The van der Waals surface area contributed by atoms with Crippen molar-refractivity contribution >= 4 is 0 Å². The number of halogens is 2. The first-order valence-corrected chi connectivity index (χ1v) is 5.09. The SMILES string of the molecule is CC1(c2ccc(F)cc2F)OC1n1cncn1. The smallest absolute Gasteiger partial charge is 0.186 e. The van der Waals surface area contributed by atoms with Gasteiger partial charge in [0.25, 0.3) is 0 Å². The molecule has 6 heteroatoms. The summed E-state index contributed by atoms with van der Waals surface area (Å²) in [5.41, 5.74) is -0.495. The van der Waals surface area contributed by atoms with Gasteiger partial charge < -0.3 is 4.74 Å². The lowest BCUT2D eigenvalue weighted by molar-refractivity contribution is 0.282. The first kappa shape index (κ1) is 10.3. The Labute approximate surface area is 95.8 Å². The third-order valence-corrected chi connectivity index (χ3v) is 2.91. The minimum absolute atomic E-state index is 0.319. The highest BCUT2D eigenvalue weighted by Gasteiger charge is 2.57. The Bertz CT molecular complexity index is 558. The molecule has 17 heavy (non-hydrogen) atoms. The van der Waals surface area contributed by atoms with Gasteiger partial charge in [-0.15, -0.1) is 0 Å². The molecule has 1 aliphatic heterocycles. The molecule has 0 saturated carbocycles. The zero-order valence-corrected chi connectivity index (χ0v) is 8.97. The van der Waals surface area contributed by atoms with Crippen LogP contribution in [0.3, 0.4) is 0 Å². The molecule has 88 valence electrons. The van der Waals surface area contributed by atoms with E-state index in [0.717, 1.165) is 6.07 Å². The molecule has 0 radical (unpaired) electrons. The van der Waals surface area contributed by atoms with Crippen LogP contribution in [0.5, 0.6) is 0 Å². The predicted octanol–water partition coefficient (Wildman–Crippen LogP) is 2.00. The Hall–Kier alpha value is -1.82. The molecule has 1 saturated heterocycles. The van der Waals surface area contributed by atoms with E-state index < -0.39 is 23.5 Å². The van der Waals surface area contributed by atoms with E-state index in [0.29, 0.717) is 5.56 Å². The van der Waals surface area contributed by atoms with Gasteiger partial charge in [0.15, 0.2) is 6.23 Å². The van der Waals surface area contributed by atoms with E-state index in [-0.39, 0.29) is 0 Å². The summed E-state index contributed by atoms with van der Waals surface area (Å²) in [7, 11) is 0. The summed E-state index contributed by atoms with van der Waals surface area (Å²) < 4.78 is 33.4. The first-order chi connectivity index (χ1) is 8.11. The lowest BCUT2D eigenvalue weighted by Gasteiger charge is -2.07. The van der Waals surface area contributed by atoms with Crippen LogP contribution in [0, 0.1) is 11.6 Å². The molecule has 1 fully saturated rings. The molecule has 0 spiro atoms. The van der Waals surface area contributed by atoms with Crippen LogP contribution in [-0.2, 0) is 10.3 Å². The lowest BCUT2D eigenvalue weighted by atomic mass is 10.00. The van der Waals surface area contributed by atoms with Gasteiger partial charge in [0.2, 0.25) is 0 Å². The Balaban J connectivity index is 1.96. The van der Waals surface area contributed by atoms with Crippen LogP contribution in [0.1, 0.15) is 18.7 Å². The highest BCUT2D eigenvalue weighted by Crippen LogP contribution is 2.53. The quantitative estimate of drug-likeness (QED) is 0.750. The summed E-state index contributed by atoms with van der Waals surface area (Å²) in [5.74, 6) is -1.22. The molecule has 1 aromatic heterocycles. The van der Waals surface area contributed by atoms with Gasteiger partial charge in [-0.1, -0.05) is 6.07 Å². The van der Waals surface area contributed by atoms with Crippen molar-refractivity contribution in [1.82, 2.24) is 14.8 Å². The van der Waals surface area contributed by atoms with Crippen molar-refractivity contribution in [3.8, 4) is 0 Å². The van der Waals surface area contributed by atoms with Crippen LogP contribution < -0.4 is 0 Å². The molecule has 1 aromatic carbocycles. The average molecular weight is 237 g/mol. The van der Waals surface area contributed by atoms with Crippen LogP contribution >= 0.6 is 0 Å². The van der Waals surface area contributed by atoms with Crippen LogP contribution in [0.4, 0.5) is 8.78 Å². The Kier molecular flexibility index (Phi) is 2.03. The van der Waals surface area contributed by atoms with Gasteiger partial charge in [-0.3, -0.25) is 0 Å². The van der Waals surface area contributed by atoms with Crippen molar-refractivity contribution < 1.29 is 13.5 Å². The molecule has 0 amide bonds. The van der Waals surface area contributed by atoms with E-state index in [4.69, 9.17) is 4.74 Å². The topological polar surface area (TPSA) is 43.2 Å². The van der Waals surface area contributed by atoms with Gasteiger partial charge in [0, 0.05) is 11.6 Å². The van der Waals surface area contributed by atoms with E-state index in [9.17, 15) is 8.78 Å². The molecule has 0 aliphatic carbocycles. The second-order valence-electron chi connectivity index (χ2n) is 4.08. The summed E-state index contributed by atoms with van der Waals surface area (Å²) in [4.78, 5) is 3.80. The maximum Gasteiger partial charge on any atom is 0.186 e. The van der Waals surface area contributed by atoms with Crippen molar-refractivity contribution in [3.63, 3.8) is 0 Å². The maximum atomic E-state index is 13.6. The Morgan fingerprint density at radius 1 is 1.41 bits per heavy atom. The van der Waals surface area contributed by atoms with E-state index in [1.165, 1.54) is 29.5 Å². The molecular formula is C11H9F2N3O.